The molecule has 0 N–H and O–H groups in total. The summed E-state index contributed by atoms with van der Waals surface area (Å²) in [7, 11) is 1.35. The molecular weight excluding hydrogens is 263 g/mol. The molecule has 82 valence electrons. The Bertz CT molecular complexity index is 352. The van der Waals surface area contributed by atoms with Crippen molar-refractivity contribution in [2.24, 2.45) is 0 Å². The van der Waals surface area contributed by atoms with Crippen LogP contribution in [0.5, 0.6) is 0 Å². The van der Waals surface area contributed by atoms with Crippen LogP contribution in [0.1, 0.15) is 17.5 Å². The number of esters is 1. The average Bonchev–Trinajstić information content (AvgIpc) is 2.26. The number of carbonyl (C=O) groups is 1. The minimum absolute atomic E-state index is 0.275. The summed E-state index contributed by atoms with van der Waals surface area (Å²) in [6, 6.07) is 5.39. The van der Waals surface area contributed by atoms with Gasteiger partial charge in [-0.25, -0.2) is 4.39 Å². The van der Waals surface area contributed by atoms with Crippen LogP contribution in [0.25, 0.3) is 0 Å². The molecule has 0 spiro atoms. The highest BCUT2D eigenvalue weighted by molar-refractivity contribution is 9.10. The van der Waals surface area contributed by atoms with Crippen molar-refractivity contribution in [3.8, 4) is 0 Å². The SMILES string of the molecule is COC(=O)CCc1ccc(Br)cc1CF. The van der Waals surface area contributed by atoms with E-state index >= 15 is 0 Å². The average molecular weight is 275 g/mol. The molecule has 0 atom stereocenters. The number of methoxy groups -OCH3 is 1. The summed E-state index contributed by atoms with van der Waals surface area (Å²) in [6.07, 6.45) is 0.796. The molecule has 0 saturated heterocycles. The van der Waals surface area contributed by atoms with Crippen LogP contribution in [-0.4, -0.2) is 13.1 Å². The van der Waals surface area contributed by atoms with Crippen molar-refractivity contribution in [3.05, 3.63) is 33.8 Å². The molecule has 0 unspecified atom stereocenters. The van der Waals surface area contributed by atoms with E-state index in [1.54, 1.807) is 6.07 Å². The number of hydrogen-bond acceptors (Lipinski definition) is 2. The molecule has 0 saturated carbocycles. The van der Waals surface area contributed by atoms with Crippen molar-refractivity contribution < 1.29 is 13.9 Å². The fourth-order valence-corrected chi connectivity index (χ4v) is 1.71. The first kappa shape index (κ1) is 12.2. The molecule has 0 aliphatic carbocycles. The van der Waals surface area contributed by atoms with Crippen molar-refractivity contribution in [2.45, 2.75) is 19.5 Å². The van der Waals surface area contributed by atoms with Gasteiger partial charge in [0.2, 0.25) is 0 Å². The predicted molar refractivity (Wildman–Crippen MR) is 59.3 cm³/mol. The first-order valence-corrected chi connectivity index (χ1v) is 5.36. The quantitative estimate of drug-likeness (QED) is 0.789. The molecule has 0 aliphatic heterocycles. The van der Waals surface area contributed by atoms with E-state index in [1.165, 1.54) is 7.11 Å². The zero-order valence-electron chi connectivity index (χ0n) is 8.43. The molecule has 0 radical (unpaired) electrons. The largest absolute Gasteiger partial charge is 0.469 e. The van der Waals surface area contributed by atoms with E-state index in [-0.39, 0.29) is 12.4 Å². The summed E-state index contributed by atoms with van der Waals surface area (Å²) in [5, 5.41) is 0. The van der Waals surface area contributed by atoms with Crippen LogP contribution in [0.15, 0.2) is 22.7 Å². The van der Waals surface area contributed by atoms with Crippen LogP contribution in [0.4, 0.5) is 4.39 Å². The van der Waals surface area contributed by atoms with Gasteiger partial charge >= 0.3 is 5.97 Å². The maximum Gasteiger partial charge on any atom is 0.305 e. The van der Waals surface area contributed by atoms with E-state index in [0.717, 1.165) is 10.0 Å². The number of hydrogen-bond donors (Lipinski definition) is 0. The Morgan fingerprint density at radius 1 is 1.47 bits per heavy atom. The van der Waals surface area contributed by atoms with Crippen LogP contribution in [0.2, 0.25) is 0 Å². The lowest BCUT2D eigenvalue weighted by molar-refractivity contribution is -0.140. The molecule has 0 fully saturated rings. The minimum Gasteiger partial charge on any atom is -0.469 e. The molecule has 0 aromatic heterocycles. The van der Waals surface area contributed by atoms with Gasteiger partial charge in [-0.3, -0.25) is 4.79 Å². The van der Waals surface area contributed by atoms with E-state index < -0.39 is 6.67 Å². The lowest BCUT2D eigenvalue weighted by atomic mass is 10.0. The first-order chi connectivity index (χ1) is 7.17. The fraction of sp³-hybridized carbons (Fsp3) is 0.364. The van der Waals surface area contributed by atoms with Crippen molar-refractivity contribution in [3.63, 3.8) is 0 Å². The van der Waals surface area contributed by atoms with Gasteiger partial charge in [-0.1, -0.05) is 22.0 Å². The Morgan fingerprint density at radius 3 is 2.80 bits per heavy atom. The van der Waals surface area contributed by atoms with Gasteiger partial charge < -0.3 is 4.74 Å². The summed E-state index contributed by atoms with van der Waals surface area (Å²) in [5.74, 6) is -0.275. The van der Waals surface area contributed by atoms with Gasteiger partial charge in [0.25, 0.3) is 0 Å². The van der Waals surface area contributed by atoms with Crippen LogP contribution >= 0.6 is 15.9 Å². The number of aryl methyl sites for hydroxylation is 1. The normalized spacial score (nSPS) is 10.1. The molecule has 0 bridgehead atoms. The van der Waals surface area contributed by atoms with Crippen LogP contribution in [0, 0.1) is 0 Å². The Hall–Kier alpha value is -0.900. The maximum absolute atomic E-state index is 12.6. The monoisotopic (exact) mass is 274 g/mol. The van der Waals surface area contributed by atoms with Gasteiger partial charge in [0, 0.05) is 10.9 Å². The van der Waals surface area contributed by atoms with Crippen molar-refractivity contribution >= 4 is 21.9 Å². The van der Waals surface area contributed by atoms with E-state index in [9.17, 15) is 9.18 Å². The maximum atomic E-state index is 12.6. The zero-order chi connectivity index (χ0) is 11.3. The Kier molecular flexibility index (Phi) is 4.75. The third-order valence-electron chi connectivity index (χ3n) is 2.14. The summed E-state index contributed by atoms with van der Waals surface area (Å²) < 4.78 is 18.0. The topological polar surface area (TPSA) is 26.3 Å². The molecule has 1 rings (SSSR count). The second-order valence-corrected chi connectivity index (χ2v) is 4.04. The van der Waals surface area contributed by atoms with E-state index in [2.05, 4.69) is 20.7 Å². The van der Waals surface area contributed by atoms with Gasteiger partial charge in [0.1, 0.15) is 6.67 Å². The van der Waals surface area contributed by atoms with E-state index in [4.69, 9.17) is 0 Å². The van der Waals surface area contributed by atoms with Gasteiger partial charge in [-0.15, -0.1) is 0 Å². The minimum atomic E-state index is -0.518. The predicted octanol–water partition coefficient (Wildman–Crippen LogP) is 3.02. The summed E-state index contributed by atoms with van der Waals surface area (Å²) in [5.41, 5.74) is 1.47. The second-order valence-electron chi connectivity index (χ2n) is 3.12. The summed E-state index contributed by atoms with van der Waals surface area (Å²) in [6.45, 7) is -0.518. The molecule has 4 heteroatoms. The van der Waals surface area contributed by atoms with Crippen molar-refractivity contribution in [2.75, 3.05) is 7.11 Å². The second kappa shape index (κ2) is 5.85. The number of alkyl halides is 1. The molecule has 2 nitrogen and oxygen atoms in total. The van der Waals surface area contributed by atoms with Gasteiger partial charge in [-0.05, 0) is 29.7 Å². The molecule has 15 heavy (non-hydrogen) atoms. The van der Waals surface area contributed by atoms with Crippen LogP contribution in [-0.2, 0) is 22.6 Å². The standard InChI is InChI=1S/C11H12BrFO2/c1-15-11(14)5-3-8-2-4-10(12)6-9(8)7-13/h2,4,6H,3,5,7H2,1H3. The highest BCUT2D eigenvalue weighted by atomic mass is 79.9. The lowest BCUT2D eigenvalue weighted by Crippen LogP contribution is -2.03. The summed E-state index contributed by atoms with van der Waals surface area (Å²) in [4.78, 5) is 10.9. The number of carbonyl (C=O) groups excluding carboxylic acids is 1. The first-order valence-electron chi connectivity index (χ1n) is 4.57. The highest BCUT2D eigenvalue weighted by Gasteiger charge is 2.06. The van der Waals surface area contributed by atoms with E-state index in [0.29, 0.717) is 12.0 Å². The van der Waals surface area contributed by atoms with Gasteiger partial charge in [0.05, 0.1) is 7.11 Å². The van der Waals surface area contributed by atoms with E-state index in [1.807, 2.05) is 12.1 Å². The third kappa shape index (κ3) is 3.63. The molecular formula is C11H12BrFO2. The highest BCUT2D eigenvalue weighted by Crippen LogP contribution is 2.19. The zero-order valence-corrected chi connectivity index (χ0v) is 10.0. The fourth-order valence-electron chi connectivity index (χ4n) is 1.30. The van der Waals surface area contributed by atoms with Gasteiger partial charge in [-0.2, -0.15) is 0 Å². The van der Waals surface area contributed by atoms with Crippen molar-refractivity contribution in [1.29, 1.82) is 0 Å². The summed E-state index contributed by atoms with van der Waals surface area (Å²) >= 11 is 3.27. The van der Waals surface area contributed by atoms with Crippen LogP contribution < -0.4 is 0 Å². The molecule has 1 aromatic rings. The Labute approximate surface area is 96.6 Å². The lowest BCUT2D eigenvalue weighted by Gasteiger charge is -2.06. The van der Waals surface area contributed by atoms with Crippen LogP contribution in [0.3, 0.4) is 0 Å². The molecule has 1 aromatic carbocycles. The Balaban J connectivity index is 2.72. The van der Waals surface area contributed by atoms with Gasteiger partial charge in [0.15, 0.2) is 0 Å². The Morgan fingerprint density at radius 2 is 2.20 bits per heavy atom. The number of ether oxygens (including phenoxy) is 1. The molecule has 0 aliphatic rings. The molecule has 0 amide bonds. The molecule has 0 heterocycles. The number of rotatable bonds is 4. The smallest absolute Gasteiger partial charge is 0.305 e. The third-order valence-corrected chi connectivity index (χ3v) is 2.63. The van der Waals surface area contributed by atoms with Crippen molar-refractivity contribution in [1.82, 2.24) is 0 Å². The number of halogens is 2. The number of benzene rings is 1.